The Morgan fingerprint density at radius 3 is 2.52 bits per heavy atom. The zero-order chi connectivity index (χ0) is 15.8. The summed E-state index contributed by atoms with van der Waals surface area (Å²) in [4.78, 5) is -0.119. The molecule has 0 aliphatic carbocycles. The summed E-state index contributed by atoms with van der Waals surface area (Å²) in [7, 11) is -3.75. The van der Waals surface area contributed by atoms with E-state index in [0.717, 1.165) is 31.4 Å². The molecule has 118 valence electrons. The van der Waals surface area contributed by atoms with Crippen LogP contribution >= 0.6 is 11.6 Å². The van der Waals surface area contributed by atoms with E-state index in [2.05, 4.69) is 13.8 Å². The van der Waals surface area contributed by atoms with E-state index in [1.807, 2.05) is 0 Å². The predicted molar refractivity (Wildman–Crippen MR) is 82.2 cm³/mol. The summed E-state index contributed by atoms with van der Waals surface area (Å²) in [5, 5.41) is -0.132. The van der Waals surface area contributed by atoms with Crippen molar-refractivity contribution in [2.45, 2.75) is 38.0 Å². The third kappa shape index (κ3) is 2.89. The van der Waals surface area contributed by atoms with E-state index in [0.29, 0.717) is 13.1 Å². The average molecular weight is 335 g/mol. The van der Waals surface area contributed by atoms with Crippen molar-refractivity contribution >= 4 is 27.3 Å². The Morgan fingerprint density at radius 1 is 1.38 bits per heavy atom. The molecule has 1 aromatic rings. The molecule has 0 spiro atoms. The normalized spacial score (nSPS) is 19.0. The summed E-state index contributed by atoms with van der Waals surface area (Å²) in [6, 6.07) is 2.05. The van der Waals surface area contributed by atoms with Crippen LogP contribution in [0.15, 0.2) is 17.0 Å². The fraction of sp³-hybridized carbons (Fsp3) is 0.571. The van der Waals surface area contributed by atoms with Crippen molar-refractivity contribution in [2.75, 3.05) is 18.8 Å². The highest BCUT2D eigenvalue weighted by molar-refractivity contribution is 7.89. The summed E-state index contributed by atoms with van der Waals surface area (Å²) < 4.78 is 40.2. The van der Waals surface area contributed by atoms with Crippen molar-refractivity contribution in [3.63, 3.8) is 0 Å². The zero-order valence-corrected chi connectivity index (χ0v) is 13.8. The highest BCUT2D eigenvalue weighted by Gasteiger charge is 2.41. The van der Waals surface area contributed by atoms with Gasteiger partial charge >= 0.3 is 0 Å². The van der Waals surface area contributed by atoms with Crippen LogP contribution in [0.25, 0.3) is 0 Å². The van der Waals surface area contributed by atoms with Gasteiger partial charge in [0.05, 0.1) is 10.7 Å². The third-order valence-corrected chi connectivity index (χ3v) is 6.88. The number of rotatable bonds is 4. The van der Waals surface area contributed by atoms with Crippen molar-refractivity contribution in [2.24, 2.45) is 5.41 Å². The van der Waals surface area contributed by atoms with Crippen LogP contribution in [0.5, 0.6) is 0 Å². The van der Waals surface area contributed by atoms with Gasteiger partial charge in [-0.3, -0.25) is 0 Å². The van der Waals surface area contributed by atoms with Gasteiger partial charge in [-0.2, -0.15) is 4.31 Å². The average Bonchev–Trinajstić information content (AvgIpc) is 2.88. The largest absolute Gasteiger partial charge is 0.396 e. The molecule has 4 nitrogen and oxygen atoms in total. The van der Waals surface area contributed by atoms with Gasteiger partial charge in [-0.1, -0.05) is 25.4 Å². The lowest BCUT2D eigenvalue weighted by atomic mass is 9.82. The molecule has 21 heavy (non-hydrogen) atoms. The van der Waals surface area contributed by atoms with Crippen molar-refractivity contribution in [1.82, 2.24) is 4.31 Å². The summed E-state index contributed by atoms with van der Waals surface area (Å²) in [6.45, 7) is 5.07. The number of benzene rings is 1. The molecule has 1 aromatic carbocycles. The van der Waals surface area contributed by atoms with Crippen LogP contribution in [0.3, 0.4) is 0 Å². The first-order valence-corrected chi connectivity index (χ1v) is 8.82. The van der Waals surface area contributed by atoms with E-state index in [1.54, 1.807) is 0 Å². The van der Waals surface area contributed by atoms with Crippen LogP contribution in [0.1, 0.15) is 33.1 Å². The molecule has 1 aliphatic rings. The minimum absolute atomic E-state index is 0.0190. The quantitative estimate of drug-likeness (QED) is 0.859. The Labute approximate surface area is 130 Å². The zero-order valence-electron chi connectivity index (χ0n) is 12.2. The van der Waals surface area contributed by atoms with Gasteiger partial charge < -0.3 is 5.73 Å². The number of sulfonamides is 1. The lowest BCUT2D eigenvalue weighted by Crippen LogP contribution is -2.32. The molecule has 0 aromatic heterocycles. The van der Waals surface area contributed by atoms with Crippen LogP contribution in [0.2, 0.25) is 5.02 Å². The summed E-state index contributed by atoms with van der Waals surface area (Å²) in [5.41, 5.74) is 5.28. The first kappa shape index (κ1) is 16.5. The fourth-order valence-electron chi connectivity index (χ4n) is 2.81. The maximum absolute atomic E-state index is 13.3. The molecule has 0 saturated carbocycles. The molecule has 1 aliphatic heterocycles. The van der Waals surface area contributed by atoms with Crippen molar-refractivity contribution in [3.05, 3.63) is 23.0 Å². The van der Waals surface area contributed by atoms with E-state index in [4.69, 9.17) is 17.3 Å². The lowest BCUT2D eigenvalue weighted by Gasteiger charge is -2.26. The summed E-state index contributed by atoms with van der Waals surface area (Å²) >= 11 is 5.90. The third-order valence-electron chi connectivity index (χ3n) is 4.57. The number of nitrogens with zero attached hydrogens (tertiary/aromatic N) is 1. The Balaban J connectivity index is 2.38. The lowest BCUT2D eigenvalue weighted by molar-refractivity contribution is 0.279. The Hall–Kier alpha value is -0.850. The monoisotopic (exact) mass is 334 g/mol. The van der Waals surface area contributed by atoms with Gasteiger partial charge in [0.1, 0.15) is 10.7 Å². The number of halogens is 2. The molecule has 1 heterocycles. The van der Waals surface area contributed by atoms with Gasteiger partial charge in [0.25, 0.3) is 0 Å². The Morgan fingerprint density at radius 2 is 2.00 bits per heavy atom. The van der Waals surface area contributed by atoms with E-state index in [1.165, 1.54) is 4.31 Å². The molecule has 0 amide bonds. The van der Waals surface area contributed by atoms with E-state index < -0.39 is 15.8 Å². The number of nitrogen functional groups attached to an aromatic ring is 1. The molecule has 0 atom stereocenters. The Bertz CT molecular complexity index is 645. The molecule has 0 radical (unpaired) electrons. The van der Waals surface area contributed by atoms with Crippen molar-refractivity contribution < 1.29 is 12.8 Å². The minimum atomic E-state index is -3.75. The topological polar surface area (TPSA) is 63.4 Å². The molecular formula is C14H20ClFN2O2S. The van der Waals surface area contributed by atoms with E-state index >= 15 is 0 Å². The number of anilines is 1. The second-order valence-corrected chi connectivity index (χ2v) is 7.91. The first-order valence-electron chi connectivity index (χ1n) is 7.00. The smallest absolute Gasteiger partial charge is 0.244 e. The number of hydrogen-bond donors (Lipinski definition) is 1. The minimum Gasteiger partial charge on any atom is -0.396 e. The maximum Gasteiger partial charge on any atom is 0.244 e. The van der Waals surface area contributed by atoms with E-state index in [9.17, 15) is 12.8 Å². The molecule has 2 rings (SSSR count). The van der Waals surface area contributed by atoms with Crippen LogP contribution in [0.4, 0.5) is 10.1 Å². The predicted octanol–water partition coefficient (Wildman–Crippen LogP) is 3.26. The highest BCUT2D eigenvalue weighted by Crippen LogP contribution is 2.40. The maximum atomic E-state index is 13.3. The van der Waals surface area contributed by atoms with Crippen molar-refractivity contribution in [3.8, 4) is 0 Å². The second-order valence-electron chi connectivity index (χ2n) is 5.60. The molecule has 2 N–H and O–H groups in total. The van der Waals surface area contributed by atoms with Gasteiger partial charge in [0.2, 0.25) is 10.0 Å². The van der Waals surface area contributed by atoms with Crippen LogP contribution in [0, 0.1) is 11.2 Å². The second kappa shape index (κ2) is 5.74. The molecular weight excluding hydrogens is 315 g/mol. The van der Waals surface area contributed by atoms with Crippen LogP contribution in [-0.2, 0) is 10.0 Å². The highest BCUT2D eigenvalue weighted by atomic mass is 35.5. The van der Waals surface area contributed by atoms with Gasteiger partial charge in [-0.05, 0) is 36.8 Å². The molecule has 1 saturated heterocycles. The van der Waals surface area contributed by atoms with Gasteiger partial charge in [0.15, 0.2) is 0 Å². The van der Waals surface area contributed by atoms with Crippen molar-refractivity contribution in [1.29, 1.82) is 0 Å². The molecule has 0 bridgehead atoms. The van der Waals surface area contributed by atoms with Crippen LogP contribution in [-0.4, -0.2) is 25.8 Å². The first-order chi connectivity index (χ1) is 9.75. The fourth-order valence-corrected chi connectivity index (χ4v) is 4.89. The number of hydrogen-bond acceptors (Lipinski definition) is 3. The summed E-state index contributed by atoms with van der Waals surface area (Å²) in [6.07, 6.45) is 2.68. The van der Waals surface area contributed by atoms with Crippen LogP contribution < -0.4 is 5.73 Å². The van der Waals surface area contributed by atoms with Gasteiger partial charge in [0, 0.05) is 13.1 Å². The molecule has 1 fully saturated rings. The van der Waals surface area contributed by atoms with Gasteiger partial charge in [-0.15, -0.1) is 0 Å². The number of nitrogens with two attached hydrogens (primary N) is 1. The molecule has 7 heteroatoms. The SMILES string of the molecule is CCC1(CC)CCN(S(=O)(=O)c2cc(N)c(F)cc2Cl)C1. The van der Waals surface area contributed by atoms with Gasteiger partial charge in [-0.25, -0.2) is 12.8 Å². The Kier molecular flexibility index (Phi) is 4.52. The standard InChI is InChI=1S/C14H20ClFN2O2S/c1-3-14(4-2)5-6-18(9-14)21(19,20)13-8-12(17)11(16)7-10(13)15/h7-8H,3-6,9,17H2,1-2H3. The van der Waals surface area contributed by atoms with E-state index in [-0.39, 0.29) is 21.0 Å². The summed E-state index contributed by atoms with van der Waals surface area (Å²) in [5.74, 6) is -0.711. The molecule has 0 unspecified atom stereocenters.